The lowest BCUT2D eigenvalue weighted by atomic mass is 9.08. The molecule has 0 spiro atoms. The smallest absolute Gasteiger partial charge is 0.0477 e. The highest BCUT2D eigenvalue weighted by atomic mass is 32.1. The van der Waals surface area contributed by atoms with Gasteiger partial charge in [0.15, 0.2) is 0 Å². The van der Waals surface area contributed by atoms with Crippen molar-refractivity contribution in [3.63, 3.8) is 0 Å². The van der Waals surface area contributed by atoms with Gasteiger partial charge >= 0.3 is 0 Å². The number of hydrogen-bond acceptors (Lipinski definition) is 1. The van der Waals surface area contributed by atoms with Crippen LogP contribution in [0.3, 0.4) is 0 Å². The van der Waals surface area contributed by atoms with Crippen molar-refractivity contribution in [2.24, 2.45) is 0 Å². The van der Waals surface area contributed by atoms with Gasteiger partial charge in [0, 0.05) is 6.15 Å². The van der Waals surface area contributed by atoms with Crippen LogP contribution in [-0.2, 0) is 0 Å². The average Bonchev–Trinajstić information content (AvgIpc) is 2.92. The van der Waals surface area contributed by atoms with Gasteiger partial charge in [-0.2, -0.15) is 33.6 Å². The summed E-state index contributed by atoms with van der Waals surface area (Å²) in [7, 11) is 0. The van der Waals surface area contributed by atoms with E-state index in [0.29, 0.717) is 0 Å². The number of thiophene rings is 1. The Morgan fingerprint density at radius 2 is 1.39 bits per heavy atom. The van der Waals surface area contributed by atoms with Crippen molar-refractivity contribution >= 4 is 22.3 Å². The summed E-state index contributed by atoms with van der Waals surface area (Å²) in [5.74, 6) is 2.44. The van der Waals surface area contributed by atoms with E-state index in [9.17, 15) is 0 Å². The predicted octanol–water partition coefficient (Wildman–Crippen LogP) is 5.80. The summed E-state index contributed by atoms with van der Waals surface area (Å²) < 4.78 is 1.67. The second-order valence-electron chi connectivity index (χ2n) is 6.25. The molecule has 0 aliphatic rings. The fraction of sp³-hybridized carbons (Fsp3) is 0.750. The molecule has 0 saturated heterocycles. The minimum absolute atomic E-state index is 0.433. The van der Waals surface area contributed by atoms with E-state index in [0.717, 1.165) is 17.5 Å². The van der Waals surface area contributed by atoms with Crippen molar-refractivity contribution in [3.05, 3.63) is 17.5 Å². The van der Waals surface area contributed by atoms with Crippen LogP contribution in [0, 0.1) is 0 Å². The molecule has 3 atom stereocenters. The molecule has 0 N–H and O–H groups in total. The molecule has 0 radical (unpaired) electrons. The minimum Gasteiger partial charge on any atom is -0.192 e. The molecule has 1 aromatic heterocycles. The first-order chi connectivity index (χ1) is 8.55. The second-order valence-corrected chi connectivity index (χ2v) is 7.23. The predicted molar refractivity (Wildman–Crippen MR) is 88.9 cm³/mol. The molecule has 18 heavy (non-hydrogen) atoms. The first kappa shape index (κ1) is 15.8. The van der Waals surface area contributed by atoms with Crippen LogP contribution in [0.5, 0.6) is 0 Å². The average molecular weight is 265 g/mol. The molecule has 0 aromatic carbocycles. The van der Waals surface area contributed by atoms with Gasteiger partial charge < -0.3 is 0 Å². The van der Waals surface area contributed by atoms with Gasteiger partial charge in [-0.05, 0) is 5.38 Å². The van der Waals surface area contributed by atoms with Crippen LogP contribution in [0.15, 0.2) is 17.5 Å². The minimum atomic E-state index is -0.433. The third-order valence-electron chi connectivity index (χ3n) is 5.79. The fourth-order valence-corrected chi connectivity index (χ4v) is 5.67. The lowest BCUT2D eigenvalue weighted by molar-refractivity contribution is 0.702. The molecular formula is C16H30BS-. The Balaban J connectivity index is 3.35. The van der Waals surface area contributed by atoms with Gasteiger partial charge in [-0.25, -0.2) is 0 Å². The summed E-state index contributed by atoms with van der Waals surface area (Å²) in [6.45, 7) is 14.5. The molecule has 2 heteroatoms. The van der Waals surface area contributed by atoms with Gasteiger partial charge in [-0.15, -0.1) is 0 Å². The SMILES string of the molecule is CCC(C)[B-](c1cccs1)(C(C)CC)C(C)CC. The first-order valence-electron chi connectivity index (χ1n) is 7.76. The van der Waals surface area contributed by atoms with Crippen LogP contribution in [0.25, 0.3) is 0 Å². The normalized spacial score (nSPS) is 20.1. The van der Waals surface area contributed by atoms with Crippen LogP contribution < -0.4 is 4.78 Å². The van der Waals surface area contributed by atoms with Crippen molar-refractivity contribution in [3.8, 4) is 0 Å². The third kappa shape index (κ3) is 2.54. The first-order valence-corrected chi connectivity index (χ1v) is 8.64. The molecule has 1 rings (SSSR count). The van der Waals surface area contributed by atoms with Crippen LogP contribution in [-0.4, -0.2) is 6.15 Å². The van der Waals surface area contributed by atoms with E-state index in [4.69, 9.17) is 0 Å². The van der Waals surface area contributed by atoms with E-state index >= 15 is 0 Å². The summed E-state index contributed by atoms with van der Waals surface area (Å²) >= 11 is 1.99. The van der Waals surface area contributed by atoms with Gasteiger partial charge in [0.1, 0.15) is 0 Å². The van der Waals surface area contributed by atoms with E-state index in [1.54, 1.807) is 4.78 Å². The highest BCUT2D eigenvalue weighted by Crippen LogP contribution is 2.46. The summed E-state index contributed by atoms with van der Waals surface area (Å²) in [5, 5.41) is 2.26. The largest absolute Gasteiger partial charge is 0.192 e. The lowest BCUT2D eigenvalue weighted by Gasteiger charge is -2.54. The van der Waals surface area contributed by atoms with E-state index in [1.165, 1.54) is 19.3 Å². The maximum Gasteiger partial charge on any atom is 0.0477 e. The molecule has 1 aromatic rings. The van der Waals surface area contributed by atoms with Gasteiger partial charge in [0.25, 0.3) is 0 Å². The van der Waals surface area contributed by atoms with Crippen molar-refractivity contribution in [2.75, 3.05) is 0 Å². The summed E-state index contributed by atoms with van der Waals surface area (Å²) in [5.41, 5.74) is 0. The highest BCUT2D eigenvalue weighted by molar-refractivity contribution is 7.26. The van der Waals surface area contributed by atoms with Gasteiger partial charge in [0.2, 0.25) is 0 Å². The van der Waals surface area contributed by atoms with E-state index in [1.807, 2.05) is 11.3 Å². The van der Waals surface area contributed by atoms with Gasteiger partial charge in [-0.1, -0.05) is 72.9 Å². The standard InChI is InChI=1S/C16H30BS/c1-7-13(4)17(14(5)8-2,15(6)9-3)16-11-10-12-18-16/h10-15H,7-9H2,1-6H3/q-1. The molecule has 0 aliphatic carbocycles. The molecule has 0 nitrogen and oxygen atoms in total. The lowest BCUT2D eigenvalue weighted by Crippen LogP contribution is -2.56. The molecular weight excluding hydrogens is 235 g/mol. The van der Waals surface area contributed by atoms with Crippen LogP contribution >= 0.6 is 11.3 Å². The third-order valence-corrected chi connectivity index (χ3v) is 6.90. The summed E-state index contributed by atoms with van der Waals surface area (Å²) in [6.07, 6.45) is 3.46. The van der Waals surface area contributed by atoms with Crippen LogP contribution in [0.1, 0.15) is 60.8 Å². The van der Waals surface area contributed by atoms with E-state index in [-0.39, 0.29) is 0 Å². The Morgan fingerprint density at radius 3 is 1.67 bits per heavy atom. The van der Waals surface area contributed by atoms with E-state index < -0.39 is 6.15 Å². The Hall–Kier alpha value is -0.235. The van der Waals surface area contributed by atoms with Crippen LogP contribution in [0.4, 0.5) is 0 Å². The van der Waals surface area contributed by atoms with Crippen molar-refractivity contribution in [1.29, 1.82) is 0 Å². The Labute approximate surface area is 118 Å². The molecule has 3 unspecified atom stereocenters. The Morgan fingerprint density at radius 1 is 0.944 bits per heavy atom. The van der Waals surface area contributed by atoms with Crippen LogP contribution in [0.2, 0.25) is 17.5 Å². The zero-order chi connectivity index (χ0) is 13.8. The molecule has 0 bridgehead atoms. The molecule has 0 amide bonds. The molecule has 1 heterocycles. The summed E-state index contributed by atoms with van der Waals surface area (Å²) in [4.78, 5) is 0. The van der Waals surface area contributed by atoms with Crippen molar-refractivity contribution < 1.29 is 0 Å². The van der Waals surface area contributed by atoms with Crippen molar-refractivity contribution in [2.45, 2.75) is 78.3 Å². The molecule has 0 aliphatic heterocycles. The zero-order valence-corrected chi connectivity index (χ0v) is 13.9. The molecule has 104 valence electrons. The maximum absolute atomic E-state index is 2.48. The topological polar surface area (TPSA) is 0 Å². The quantitative estimate of drug-likeness (QED) is 0.546. The van der Waals surface area contributed by atoms with E-state index in [2.05, 4.69) is 59.1 Å². The zero-order valence-electron chi connectivity index (χ0n) is 13.1. The fourth-order valence-electron chi connectivity index (χ4n) is 4.27. The maximum atomic E-state index is 2.48. The molecule has 0 saturated carbocycles. The highest BCUT2D eigenvalue weighted by Gasteiger charge is 2.39. The number of hydrogen-bond donors (Lipinski definition) is 0. The van der Waals surface area contributed by atoms with Gasteiger partial charge in [-0.3, -0.25) is 0 Å². The Kier molecular flexibility index (Phi) is 5.97. The van der Waals surface area contributed by atoms with Crippen molar-refractivity contribution in [1.82, 2.24) is 0 Å². The second kappa shape index (κ2) is 6.79. The monoisotopic (exact) mass is 265 g/mol. The Bertz CT molecular complexity index is 304. The molecule has 0 fully saturated rings. The van der Waals surface area contributed by atoms with Gasteiger partial charge in [0.05, 0.1) is 0 Å². The summed E-state index contributed by atoms with van der Waals surface area (Å²) in [6, 6.07) is 4.64. The number of rotatable bonds is 7.